The minimum absolute atomic E-state index is 0.0526. The molecule has 8 nitrogen and oxygen atoms in total. The van der Waals surface area contributed by atoms with Gasteiger partial charge in [-0.15, -0.1) is 0 Å². The Morgan fingerprint density at radius 3 is 2.63 bits per heavy atom. The van der Waals surface area contributed by atoms with Crippen LogP contribution in [0.2, 0.25) is 0 Å². The third kappa shape index (κ3) is 5.69. The highest BCUT2D eigenvalue weighted by atomic mass is 32.2. The van der Waals surface area contributed by atoms with Crippen molar-refractivity contribution in [3.05, 3.63) is 64.7 Å². The fourth-order valence-corrected chi connectivity index (χ4v) is 6.72. The number of hydrogen-bond donors (Lipinski definition) is 1. The Labute approximate surface area is 207 Å². The van der Waals surface area contributed by atoms with Crippen molar-refractivity contribution in [2.75, 3.05) is 33.4 Å². The number of carbonyl (C=O) groups excluding carboxylic acids is 1. The predicted octanol–water partition coefficient (Wildman–Crippen LogP) is 2.51. The monoisotopic (exact) mass is 502 g/mol. The Morgan fingerprint density at radius 2 is 1.89 bits per heavy atom. The molecule has 2 heterocycles. The molecule has 2 aromatic carbocycles. The van der Waals surface area contributed by atoms with Gasteiger partial charge in [0, 0.05) is 25.3 Å². The number of sulfonamides is 1. The van der Waals surface area contributed by atoms with Gasteiger partial charge in [0.15, 0.2) is 0 Å². The first kappa shape index (κ1) is 25.6. The summed E-state index contributed by atoms with van der Waals surface area (Å²) in [5.41, 5.74) is 3.24. The van der Waals surface area contributed by atoms with Crippen LogP contribution in [0, 0.1) is 13.8 Å². The molecule has 190 valence electrons. The first-order chi connectivity index (χ1) is 16.7. The van der Waals surface area contributed by atoms with E-state index in [0.29, 0.717) is 42.9 Å². The van der Waals surface area contributed by atoms with Crippen LogP contribution in [-0.4, -0.2) is 80.2 Å². The number of aryl methyl sites for hydroxylation is 2. The number of methoxy groups -OCH3 is 1. The quantitative estimate of drug-likeness (QED) is 0.596. The number of ether oxygens (including phenoxy) is 2. The van der Waals surface area contributed by atoms with Crippen molar-refractivity contribution in [2.24, 2.45) is 0 Å². The zero-order valence-electron chi connectivity index (χ0n) is 20.5. The highest BCUT2D eigenvalue weighted by Gasteiger charge is 2.38. The molecule has 35 heavy (non-hydrogen) atoms. The highest BCUT2D eigenvalue weighted by molar-refractivity contribution is 7.88. The molecule has 9 heteroatoms. The maximum atomic E-state index is 13.2. The van der Waals surface area contributed by atoms with Crippen molar-refractivity contribution in [3.63, 3.8) is 0 Å². The second kappa shape index (κ2) is 10.7. The Balaban J connectivity index is 1.45. The molecule has 0 unspecified atom stereocenters. The van der Waals surface area contributed by atoms with Crippen molar-refractivity contribution in [2.45, 2.75) is 50.7 Å². The van der Waals surface area contributed by atoms with Gasteiger partial charge in [0.2, 0.25) is 10.0 Å². The van der Waals surface area contributed by atoms with Crippen LogP contribution < -0.4 is 4.74 Å². The van der Waals surface area contributed by atoms with Crippen LogP contribution in [0.4, 0.5) is 0 Å². The zero-order valence-corrected chi connectivity index (χ0v) is 21.3. The highest BCUT2D eigenvalue weighted by Crippen LogP contribution is 2.27. The van der Waals surface area contributed by atoms with Gasteiger partial charge in [-0.2, -0.15) is 4.31 Å². The van der Waals surface area contributed by atoms with Gasteiger partial charge in [-0.3, -0.25) is 4.79 Å². The number of likely N-dealkylation sites (tertiary alicyclic amines) is 1. The van der Waals surface area contributed by atoms with Gasteiger partial charge in [-0.25, -0.2) is 8.42 Å². The molecule has 2 fully saturated rings. The topological polar surface area (TPSA) is 96.4 Å². The third-order valence-corrected chi connectivity index (χ3v) is 8.75. The smallest absolute Gasteiger partial charge is 0.254 e. The lowest BCUT2D eigenvalue weighted by Gasteiger charge is -2.23. The molecule has 2 aromatic rings. The van der Waals surface area contributed by atoms with Gasteiger partial charge < -0.3 is 19.5 Å². The van der Waals surface area contributed by atoms with Crippen LogP contribution in [0.1, 0.15) is 39.9 Å². The largest absolute Gasteiger partial charge is 0.486 e. The van der Waals surface area contributed by atoms with E-state index < -0.39 is 10.0 Å². The number of aliphatic hydroxyl groups excluding tert-OH is 1. The molecule has 0 aromatic heterocycles. The minimum atomic E-state index is -3.55. The van der Waals surface area contributed by atoms with Crippen LogP contribution in [0.3, 0.4) is 0 Å². The van der Waals surface area contributed by atoms with Gasteiger partial charge in [0.05, 0.1) is 25.4 Å². The molecule has 0 saturated carbocycles. The fourth-order valence-electron chi connectivity index (χ4n) is 4.92. The lowest BCUT2D eigenvalue weighted by atomic mass is 10.0. The van der Waals surface area contributed by atoms with Crippen LogP contribution in [0.25, 0.3) is 0 Å². The molecule has 4 rings (SSSR count). The van der Waals surface area contributed by atoms with E-state index in [9.17, 15) is 18.3 Å². The minimum Gasteiger partial charge on any atom is -0.486 e. The van der Waals surface area contributed by atoms with Gasteiger partial charge in [0.25, 0.3) is 5.91 Å². The third-order valence-electron chi connectivity index (χ3n) is 6.85. The summed E-state index contributed by atoms with van der Waals surface area (Å²) in [5, 5.41) is 9.51. The molecule has 2 aliphatic heterocycles. The normalized spacial score (nSPS) is 23.1. The summed E-state index contributed by atoms with van der Waals surface area (Å²) in [6.45, 7) is 4.95. The van der Waals surface area contributed by atoms with Crippen LogP contribution in [-0.2, 0) is 20.5 Å². The van der Waals surface area contributed by atoms with E-state index in [2.05, 4.69) is 0 Å². The molecule has 0 spiro atoms. The van der Waals surface area contributed by atoms with Crippen molar-refractivity contribution < 1.29 is 27.8 Å². The van der Waals surface area contributed by atoms with Gasteiger partial charge in [-0.05, 0) is 56.0 Å². The molecule has 1 N–H and O–H groups in total. The lowest BCUT2D eigenvalue weighted by molar-refractivity contribution is 0.0339. The average Bonchev–Trinajstić information content (AvgIpc) is 3.47. The number of rotatable bonds is 8. The molecule has 3 atom stereocenters. The van der Waals surface area contributed by atoms with Crippen molar-refractivity contribution in [1.29, 1.82) is 0 Å². The molecule has 2 aliphatic rings. The van der Waals surface area contributed by atoms with Gasteiger partial charge >= 0.3 is 0 Å². The Kier molecular flexibility index (Phi) is 7.80. The Bertz CT molecular complexity index is 1170. The van der Waals surface area contributed by atoms with Crippen LogP contribution in [0.5, 0.6) is 5.75 Å². The first-order valence-electron chi connectivity index (χ1n) is 12.0. The van der Waals surface area contributed by atoms with E-state index in [-0.39, 0.29) is 36.5 Å². The van der Waals surface area contributed by atoms with Gasteiger partial charge in [0.1, 0.15) is 18.0 Å². The maximum absolute atomic E-state index is 13.2. The van der Waals surface area contributed by atoms with E-state index in [0.717, 1.165) is 17.5 Å². The molecule has 0 radical (unpaired) electrons. The number of hydrogen-bond acceptors (Lipinski definition) is 6. The molecular weight excluding hydrogens is 468 g/mol. The summed E-state index contributed by atoms with van der Waals surface area (Å²) in [4.78, 5) is 14.9. The van der Waals surface area contributed by atoms with Crippen molar-refractivity contribution in [3.8, 4) is 5.75 Å². The van der Waals surface area contributed by atoms with Crippen molar-refractivity contribution >= 4 is 15.9 Å². The fraction of sp³-hybridized carbons (Fsp3) is 0.500. The Hall–Kier alpha value is -2.46. The van der Waals surface area contributed by atoms with E-state index >= 15 is 0 Å². The SMILES string of the molecule is CO[C@@H]1CN(C(=O)c2cc(C)ccc2C)C[C@H]1Oc1cccc(CS(=O)(=O)N2CCC[C@H]2CO)c1. The summed E-state index contributed by atoms with van der Waals surface area (Å²) in [7, 11) is -1.95. The van der Waals surface area contributed by atoms with Gasteiger partial charge in [-0.1, -0.05) is 29.8 Å². The maximum Gasteiger partial charge on any atom is 0.254 e. The summed E-state index contributed by atoms with van der Waals surface area (Å²) in [6, 6.07) is 12.5. The zero-order chi connectivity index (χ0) is 25.2. The van der Waals surface area contributed by atoms with E-state index in [1.165, 1.54) is 4.31 Å². The molecule has 0 bridgehead atoms. The summed E-state index contributed by atoms with van der Waals surface area (Å²) in [6.07, 6.45) is 0.756. The predicted molar refractivity (Wildman–Crippen MR) is 133 cm³/mol. The van der Waals surface area contributed by atoms with E-state index in [1.54, 1.807) is 36.3 Å². The van der Waals surface area contributed by atoms with Crippen molar-refractivity contribution in [1.82, 2.24) is 9.21 Å². The summed E-state index contributed by atoms with van der Waals surface area (Å²) >= 11 is 0. The number of aliphatic hydroxyl groups is 1. The van der Waals surface area contributed by atoms with Crippen LogP contribution >= 0.6 is 0 Å². The first-order valence-corrected chi connectivity index (χ1v) is 13.6. The number of amides is 1. The van der Waals surface area contributed by atoms with E-state index in [1.807, 2.05) is 32.0 Å². The molecule has 1 amide bonds. The second-order valence-corrected chi connectivity index (χ2v) is 11.4. The standard InChI is InChI=1S/C26H34N2O6S/c1-18-9-10-19(2)23(12-18)26(30)27-14-24(33-3)25(15-27)34-22-8-4-6-20(13-22)17-35(31,32)28-11-5-7-21(28)16-29/h4,6,8-10,12-13,21,24-25,29H,5,7,11,14-17H2,1-3H3/t21-,24+,25+/m0/s1. The number of carbonyl (C=O) groups is 1. The Morgan fingerprint density at radius 1 is 1.11 bits per heavy atom. The summed E-state index contributed by atoms with van der Waals surface area (Å²) < 4.78 is 39.1. The molecule has 2 saturated heterocycles. The summed E-state index contributed by atoms with van der Waals surface area (Å²) in [5.74, 6) is 0.324. The number of benzene rings is 2. The van der Waals surface area contributed by atoms with Crippen LogP contribution in [0.15, 0.2) is 42.5 Å². The molecular formula is C26H34N2O6S. The second-order valence-electron chi connectivity index (χ2n) is 9.45. The molecule has 0 aliphatic carbocycles. The lowest BCUT2D eigenvalue weighted by Crippen LogP contribution is -2.38. The average molecular weight is 503 g/mol. The van der Waals surface area contributed by atoms with E-state index in [4.69, 9.17) is 9.47 Å². The number of nitrogens with zero attached hydrogens (tertiary/aromatic N) is 2.